The summed E-state index contributed by atoms with van der Waals surface area (Å²) in [4.78, 5) is 2.20. The molecule has 0 saturated heterocycles. The minimum atomic E-state index is -0.230. The van der Waals surface area contributed by atoms with E-state index in [2.05, 4.69) is 11.8 Å². The standard InChI is InChI=1S/C14H23FN2O/c1-11(17(2)9-4-10-18-3)14(16)12-5-7-13(15)8-6-12/h5-8,11,14H,4,9-10,16H2,1-3H3. The second kappa shape index (κ2) is 7.46. The van der Waals surface area contributed by atoms with Gasteiger partial charge in [0, 0.05) is 32.3 Å². The fourth-order valence-electron chi connectivity index (χ4n) is 1.90. The zero-order valence-corrected chi connectivity index (χ0v) is 11.4. The van der Waals surface area contributed by atoms with Crippen LogP contribution in [0.15, 0.2) is 24.3 Å². The van der Waals surface area contributed by atoms with E-state index in [1.54, 1.807) is 19.2 Å². The molecule has 0 fully saturated rings. The Kier molecular flexibility index (Phi) is 6.25. The lowest BCUT2D eigenvalue weighted by molar-refractivity contribution is 0.161. The average molecular weight is 254 g/mol. The van der Waals surface area contributed by atoms with Crippen molar-refractivity contribution in [3.63, 3.8) is 0 Å². The molecule has 0 aliphatic carbocycles. The van der Waals surface area contributed by atoms with E-state index in [0.717, 1.165) is 25.1 Å². The topological polar surface area (TPSA) is 38.5 Å². The maximum absolute atomic E-state index is 12.9. The molecular weight excluding hydrogens is 231 g/mol. The summed E-state index contributed by atoms with van der Waals surface area (Å²) < 4.78 is 17.9. The Morgan fingerprint density at radius 2 is 1.94 bits per heavy atom. The van der Waals surface area contributed by atoms with Crippen LogP contribution in [0, 0.1) is 5.82 Å². The van der Waals surface area contributed by atoms with Crippen LogP contribution in [0.5, 0.6) is 0 Å². The number of likely N-dealkylation sites (N-methyl/N-ethyl adjacent to an activating group) is 1. The van der Waals surface area contributed by atoms with Gasteiger partial charge < -0.3 is 15.4 Å². The molecule has 0 amide bonds. The van der Waals surface area contributed by atoms with E-state index in [1.165, 1.54) is 12.1 Å². The lowest BCUT2D eigenvalue weighted by atomic mass is 10.0. The first-order valence-corrected chi connectivity index (χ1v) is 6.26. The molecule has 18 heavy (non-hydrogen) atoms. The van der Waals surface area contributed by atoms with Crippen LogP contribution >= 0.6 is 0 Å². The van der Waals surface area contributed by atoms with E-state index >= 15 is 0 Å². The summed E-state index contributed by atoms with van der Waals surface area (Å²) >= 11 is 0. The van der Waals surface area contributed by atoms with Gasteiger partial charge in [-0.2, -0.15) is 0 Å². The van der Waals surface area contributed by atoms with Crippen LogP contribution in [0.3, 0.4) is 0 Å². The molecule has 2 unspecified atom stereocenters. The van der Waals surface area contributed by atoms with Crippen LogP contribution < -0.4 is 5.73 Å². The highest BCUT2D eigenvalue weighted by Crippen LogP contribution is 2.18. The lowest BCUT2D eigenvalue weighted by Gasteiger charge is -2.30. The number of hydrogen-bond acceptors (Lipinski definition) is 3. The normalized spacial score (nSPS) is 14.8. The highest BCUT2D eigenvalue weighted by molar-refractivity contribution is 5.20. The molecule has 1 aromatic carbocycles. The Morgan fingerprint density at radius 1 is 1.33 bits per heavy atom. The van der Waals surface area contributed by atoms with Gasteiger partial charge >= 0.3 is 0 Å². The van der Waals surface area contributed by atoms with Gasteiger partial charge in [-0.1, -0.05) is 12.1 Å². The number of benzene rings is 1. The van der Waals surface area contributed by atoms with Crippen molar-refractivity contribution in [3.8, 4) is 0 Å². The molecule has 2 atom stereocenters. The molecule has 102 valence electrons. The third-order valence-electron chi connectivity index (χ3n) is 3.33. The first kappa shape index (κ1) is 15.1. The second-order valence-corrected chi connectivity index (χ2v) is 4.64. The zero-order valence-electron chi connectivity index (χ0n) is 11.4. The number of rotatable bonds is 7. The van der Waals surface area contributed by atoms with Gasteiger partial charge in [0.15, 0.2) is 0 Å². The van der Waals surface area contributed by atoms with Crippen molar-refractivity contribution in [1.82, 2.24) is 4.90 Å². The van der Waals surface area contributed by atoms with Crippen molar-refractivity contribution in [1.29, 1.82) is 0 Å². The van der Waals surface area contributed by atoms with Crippen LogP contribution in [0.25, 0.3) is 0 Å². The van der Waals surface area contributed by atoms with Crippen molar-refractivity contribution in [2.75, 3.05) is 27.3 Å². The van der Waals surface area contributed by atoms with Gasteiger partial charge in [-0.05, 0) is 38.1 Å². The molecule has 0 bridgehead atoms. The zero-order chi connectivity index (χ0) is 13.5. The largest absolute Gasteiger partial charge is 0.385 e. The van der Waals surface area contributed by atoms with Gasteiger partial charge in [-0.25, -0.2) is 4.39 Å². The monoisotopic (exact) mass is 254 g/mol. The Hall–Kier alpha value is -0.970. The first-order chi connectivity index (χ1) is 8.56. The quantitative estimate of drug-likeness (QED) is 0.758. The fourth-order valence-corrected chi connectivity index (χ4v) is 1.90. The van der Waals surface area contributed by atoms with Gasteiger partial charge in [0.2, 0.25) is 0 Å². The van der Waals surface area contributed by atoms with E-state index in [1.807, 2.05) is 7.05 Å². The van der Waals surface area contributed by atoms with Gasteiger partial charge in [0.05, 0.1) is 0 Å². The highest BCUT2D eigenvalue weighted by Gasteiger charge is 2.18. The summed E-state index contributed by atoms with van der Waals surface area (Å²) in [6.45, 7) is 3.77. The maximum atomic E-state index is 12.9. The smallest absolute Gasteiger partial charge is 0.123 e. The predicted molar refractivity (Wildman–Crippen MR) is 71.9 cm³/mol. The molecule has 1 aromatic rings. The molecule has 0 heterocycles. The van der Waals surface area contributed by atoms with Crippen LogP contribution in [0.2, 0.25) is 0 Å². The van der Waals surface area contributed by atoms with Crippen molar-refractivity contribution >= 4 is 0 Å². The van der Waals surface area contributed by atoms with E-state index in [4.69, 9.17) is 10.5 Å². The number of ether oxygens (including phenoxy) is 1. The summed E-state index contributed by atoms with van der Waals surface area (Å²) in [5.41, 5.74) is 7.16. The highest BCUT2D eigenvalue weighted by atomic mass is 19.1. The fraction of sp³-hybridized carbons (Fsp3) is 0.571. The van der Waals surface area contributed by atoms with Gasteiger partial charge in [-0.3, -0.25) is 0 Å². The summed E-state index contributed by atoms with van der Waals surface area (Å²) in [7, 11) is 3.75. The van der Waals surface area contributed by atoms with Crippen molar-refractivity contribution < 1.29 is 9.13 Å². The Morgan fingerprint density at radius 3 is 2.50 bits per heavy atom. The van der Waals surface area contributed by atoms with Gasteiger partial charge in [0.25, 0.3) is 0 Å². The van der Waals surface area contributed by atoms with Gasteiger partial charge in [-0.15, -0.1) is 0 Å². The molecule has 0 radical (unpaired) electrons. The molecule has 0 aliphatic rings. The number of methoxy groups -OCH3 is 1. The molecule has 0 spiro atoms. The molecule has 0 aliphatic heterocycles. The van der Waals surface area contributed by atoms with Crippen LogP contribution in [-0.2, 0) is 4.74 Å². The predicted octanol–water partition coefficient (Wildman–Crippen LogP) is 2.18. The van der Waals surface area contributed by atoms with E-state index < -0.39 is 0 Å². The van der Waals surface area contributed by atoms with Crippen molar-refractivity contribution in [3.05, 3.63) is 35.6 Å². The van der Waals surface area contributed by atoms with E-state index in [9.17, 15) is 4.39 Å². The minimum absolute atomic E-state index is 0.113. The second-order valence-electron chi connectivity index (χ2n) is 4.64. The Labute approximate surface area is 109 Å². The van der Waals surface area contributed by atoms with Crippen molar-refractivity contribution in [2.45, 2.75) is 25.4 Å². The summed E-state index contributed by atoms with van der Waals surface area (Å²) in [5, 5.41) is 0. The molecule has 0 saturated carbocycles. The van der Waals surface area contributed by atoms with E-state index in [-0.39, 0.29) is 17.9 Å². The van der Waals surface area contributed by atoms with Crippen LogP contribution in [0.1, 0.15) is 24.9 Å². The molecule has 0 aromatic heterocycles. The average Bonchev–Trinajstić information content (AvgIpc) is 2.38. The molecule has 2 N–H and O–H groups in total. The lowest BCUT2D eigenvalue weighted by Crippen LogP contribution is -2.39. The van der Waals surface area contributed by atoms with Crippen LogP contribution in [0.4, 0.5) is 4.39 Å². The Bertz CT molecular complexity index is 342. The first-order valence-electron chi connectivity index (χ1n) is 6.26. The SMILES string of the molecule is COCCCN(C)C(C)C(N)c1ccc(F)cc1. The molecule has 1 rings (SSSR count). The number of halogens is 1. The van der Waals surface area contributed by atoms with E-state index in [0.29, 0.717) is 0 Å². The molecule has 4 heteroatoms. The molecule has 3 nitrogen and oxygen atoms in total. The summed E-state index contributed by atoms with van der Waals surface area (Å²) in [5.74, 6) is -0.230. The summed E-state index contributed by atoms with van der Waals surface area (Å²) in [6, 6.07) is 6.49. The minimum Gasteiger partial charge on any atom is -0.385 e. The number of nitrogens with two attached hydrogens (primary N) is 1. The van der Waals surface area contributed by atoms with Crippen molar-refractivity contribution in [2.24, 2.45) is 5.73 Å². The third kappa shape index (κ3) is 4.37. The number of nitrogens with zero attached hydrogens (tertiary/aromatic N) is 1. The molecular formula is C14H23FN2O. The van der Waals surface area contributed by atoms with Crippen LogP contribution in [-0.4, -0.2) is 38.3 Å². The maximum Gasteiger partial charge on any atom is 0.123 e. The van der Waals surface area contributed by atoms with Gasteiger partial charge in [0.1, 0.15) is 5.82 Å². The summed E-state index contributed by atoms with van der Waals surface area (Å²) in [6.07, 6.45) is 0.980. The Balaban J connectivity index is 2.54. The number of hydrogen-bond donors (Lipinski definition) is 1. The third-order valence-corrected chi connectivity index (χ3v) is 3.33.